The van der Waals surface area contributed by atoms with E-state index < -0.39 is 35.4 Å². The van der Waals surface area contributed by atoms with Crippen molar-refractivity contribution in [3.63, 3.8) is 0 Å². The van der Waals surface area contributed by atoms with Gasteiger partial charge in [0.15, 0.2) is 23.2 Å². The minimum Gasteiger partial charge on any atom is -0.327 e. The molecule has 30 heavy (non-hydrogen) atoms. The largest absolute Gasteiger partial charge is 0.435 e. The summed E-state index contributed by atoms with van der Waals surface area (Å²) in [7, 11) is 0. The molecule has 0 unspecified atom stereocenters. The summed E-state index contributed by atoms with van der Waals surface area (Å²) in [6.45, 7) is 0.717. The molecular formula is C18H16F6N6. The maximum Gasteiger partial charge on any atom is 0.435 e. The van der Waals surface area contributed by atoms with Crippen LogP contribution in [0.4, 0.5) is 26.3 Å². The summed E-state index contributed by atoms with van der Waals surface area (Å²) in [4.78, 5) is 0. The fourth-order valence-corrected chi connectivity index (χ4v) is 3.50. The van der Waals surface area contributed by atoms with Gasteiger partial charge in [0.25, 0.3) is 0 Å². The van der Waals surface area contributed by atoms with E-state index in [2.05, 4.69) is 15.3 Å². The Hall–Kier alpha value is -2.89. The molecule has 0 aliphatic carbocycles. The van der Waals surface area contributed by atoms with Gasteiger partial charge in [0, 0.05) is 31.6 Å². The first-order valence-electron chi connectivity index (χ1n) is 9.10. The van der Waals surface area contributed by atoms with E-state index in [1.165, 1.54) is 4.68 Å². The van der Waals surface area contributed by atoms with Crippen molar-refractivity contribution in [3.8, 4) is 11.5 Å². The van der Waals surface area contributed by atoms with Crippen LogP contribution in [0.25, 0.3) is 11.5 Å². The molecule has 0 spiro atoms. The summed E-state index contributed by atoms with van der Waals surface area (Å²) >= 11 is 0. The molecule has 0 radical (unpaired) electrons. The van der Waals surface area contributed by atoms with Crippen LogP contribution in [0.15, 0.2) is 18.2 Å². The molecule has 3 aromatic rings. The minimum atomic E-state index is -4.58. The molecule has 0 saturated carbocycles. The van der Waals surface area contributed by atoms with E-state index >= 15 is 0 Å². The van der Waals surface area contributed by atoms with Crippen LogP contribution in [-0.4, -0.2) is 30.6 Å². The molecule has 2 aromatic heterocycles. The first-order valence-corrected chi connectivity index (χ1v) is 9.10. The monoisotopic (exact) mass is 430 g/mol. The Balaban J connectivity index is 1.58. The summed E-state index contributed by atoms with van der Waals surface area (Å²) < 4.78 is 82.3. The predicted octanol–water partition coefficient (Wildman–Crippen LogP) is 3.09. The normalized spacial score (nSPS) is 14.9. The second kappa shape index (κ2) is 7.42. The van der Waals surface area contributed by atoms with E-state index in [-0.39, 0.29) is 36.5 Å². The lowest BCUT2D eigenvalue weighted by atomic mass is 10.0. The highest BCUT2D eigenvalue weighted by molar-refractivity contribution is 5.52. The SMILES string of the molecule is N[C@H](Cc1cc(F)c(F)cc1F)Cc1nnc2n1CCCn1nc(C(F)(F)F)cc1-2. The van der Waals surface area contributed by atoms with Crippen LogP contribution in [0.3, 0.4) is 0 Å². The Kier molecular flexibility index (Phi) is 5.04. The highest BCUT2D eigenvalue weighted by Gasteiger charge is 2.36. The van der Waals surface area contributed by atoms with Crippen LogP contribution in [0.5, 0.6) is 0 Å². The van der Waals surface area contributed by atoms with Gasteiger partial charge in [-0.25, -0.2) is 13.2 Å². The third kappa shape index (κ3) is 3.78. The van der Waals surface area contributed by atoms with Crippen molar-refractivity contribution < 1.29 is 26.3 Å². The molecule has 1 atom stereocenters. The van der Waals surface area contributed by atoms with Gasteiger partial charge in [-0.15, -0.1) is 10.2 Å². The maximum absolute atomic E-state index is 13.9. The summed E-state index contributed by atoms with van der Waals surface area (Å²) in [5.41, 5.74) is 5.15. The number of halogens is 6. The van der Waals surface area contributed by atoms with Crippen molar-refractivity contribution >= 4 is 0 Å². The molecule has 6 nitrogen and oxygen atoms in total. The van der Waals surface area contributed by atoms with Crippen LogP contribution in [0.1, 0.15) is 23.5 Å². The second-order valence-corrected chi connectivity index (χ2v) is 7.11. The van der Waals surface area contributed by atoms with Crippen LogP contribution in [0, 0.1) is 17.5 Å². The van der Waals surface area contributed by atoms with Gasteiger partial charge in [0.05, 0.1) is 0 Å². The van der Waals surface area contributed by atoms with Crippen LogP contribution < -0.4 is 5.73 Å². The second-order valence-electron chi connectivity index (χ2n) is 7.11. The maximum atomic E-state index is 13.9. The topological polar surface area (TPSA) is 74.5 Å². The number of nitrogens with two attached hydrogens (primary N) is 1. The smallest absolute Gasteiger partial charge is 0.327 e. The van der Waals surface area contributed by atoms with Crippen LogP contribution in [-0.2, 0) is 32.1 Å². The average molecular weight is 430 g/mol. The Morgan fingerprint density at radius 1 is 0.967 bits per heavy atom. The Bertz CT molecular complexity index is 1090. The van der Waals surface area contributed by atoms with Gasteiger partial charge in [-0.3, -0.25) is 4.68 Å². The van der Waals surface area contributed by atoms with Gasteiger partial charge in [-0.2, -0.15) is 18.3 Å². The summed E-state index contributed by atoms with van der Waals surface area (Å²) in [5, 5.41) is 11.6. The number of alkyl halides is 3. The van der Waals surface area contributed by atoms with Crippen molar-refractivity contribution in [2.24, 2.45) is 5.73 Å². The van der Waals surface area contributed by atoms with E-state index in [0.717, 1.165) is 12.1 Å². The van der Waals surface area contributed by atoms with Gasteiger partial charge < -0.3 is 10.3 Å². The lowest BCUT2D eigenvalue weighted by Gasteiger charge is -2.13. The third-order valence-corrected chi connectivity index (χ3v) is 4.89. The van der Waals surface area contributed by atoms with Gasteiger partial charge in [0.2, 0.25) is 0 Å². The zero-order chi connectivity index (χ0) is 21.6. The van der Waals surface area contributed by atoms with E-state index in [0.29, 0.717) is 24.9 Å². The summed E-state index contributed by atoms with van der Waals surface area (Å²) in [5.74, 6) is -2.74. The predicted molar refractivity (Wildman–Crippen MR) is 92.6 cm³/mol. The first kappa shape index (κ1) is 20.4. The van der Waals surface area contributed by atoms with Crippen molar-refractivity contribution in [3.05, 3.63) is 52.7 Å². The van der Waals surface area contributed by atoms with E-state index in [4.69, 9.17) is 5.73 Å². The zero-order valence-corrected chi connectivity index (χ0v) is 15.4. The van der Waals surface area contributed by atoms with Crippen molar-refractivity contribution in [2.45, 2.75) is 44.6 Å². The number of hydrogen-bond donors (Lipinski definition) is 1. The number of aryl methyl sites for hydroxylation is 1. The number of hydrogen-bond acceptors (Lipinski definition) is 4. The fraction of sp³-hybridized carbons (Fsp3) is 0.389. The molecule has 0 saturated heterocycles. The van der Waals surface area contributed by atoms with Crippen molar-refractivity contribution in [2.75, 3.05) is 0 Å². The minimum absolute atomic E-state index is 0.0788. The molecule has 0 fully saturated rings. The summed E-state index contributed by atoms with van der Waals surface area (Å²) in [6, 6.07) is 1.44. The molecular weight excluding hydrogens is 414 g/mol. The van der Waals surface area contributed by atoms with Gasteiger partial charge >= 0.3 is 6.18 Å². The van der Waals surface area contributed by atoms with Gasteiger partial charge in [-0.1, -0.05) is 0 Å². The Morgan fingerprint density at radius 3 is 2.43 bits per heavy atom. The number of aromatic nitrogens is 5. The highest BCUT2D eigenvalue weighted by Crippen LogP contribution is 2.32. The molecule has 0 bridgehead atoms. The molecule has 3 heterocycles. The lowest BCUT2D eigenvalue weighted by Crippen LogP contribution is -2.28. The van der Waals surface area contributed by atoms with Crippen LogP contribution >= 0.6 is 0 Å². The van der Waals surface area contributed by atoms with Crippen LogP contribution in [0.2, 0.25) is 0 Å². The molecule has 160 valence electrons. The number of nitrogens with zero attached hydrogens (tertiary/aromatic N) is 5. The first-order chi connectivity index (χ1) is 14.1. The van der Waals surface area contributed by atoms with Gasteiger partial charge in [0.1, 0.15) is 17.3 Å². The molecule has 12 heteroatoms. The molecule has 0 amide bonds. The molecule has 2 N–H and O–H groups in total. The van der Waals surface area contributed by atoms with E-state index in [9.17, 15) is 26.3 Å². The lowest BCUT2D eigenvalue weighted by molar-refractivity contribution is -0.141. The number of rotatable bonds is 4. The highest BCUT2D eigenvalue weighted by atomic mass is 19.4. The standard InChI is InChI=1S/C18H16F6N6/c19-11-7-13(21)12(20)5-9(11)4-10(25)6-16-26-27-17-14-8-15(18(22,23)24)28-30(14)3-1-2-29(16)17/h5,7-8,10H,1-4,6,25H2/t10-/m1/s1. The van der Waals surface area contributed by atoms with Crippen molar-refractivity contribution in [1.29, 1.82) is 0 Å². The third-order valence-electron chi connectivity index (χ3n) is 4.89. The molecule has 1 aliphatic heterocycles. The quantitative estimate of drug-likeness (QED) is 0.510. The Morgan fingerprint density at radius 2 is 1.70 bits per heavy atom. The Labute approximate surface area is 166 Å². The molecule has 1 aliphatic rings. The summed E-state index contributed by atoms with van der Waals surface area (Å²) in [6.07, 6.45) is -4.05. The van der Waals surface area contributed by atoms with E-state index in [1.54, 1.807) is 4.57 Å². The molecule has 1 aromatic carbocycles. The van der Waals surface area contributed by atoms with Gasteiger partial charge in [-0.05, 0) is 30.5 Å². The average Bonchev–Trinajstić information content (AvgIpc) is 3.20. The van der Waals surface area contributed by atoms with E-state index in [1.807, 2.05) is 0 Å². The van der Waals surface area contributed by atoms with Crippen molar-refractivity contribution in [1.82, 2.24) is 24.5 Å². The number of fused-ring (bicyclic) bond motifs is 3. The zero-order valence-electron chi connectivity index (χ0n) is 15.4. The molecule has 4 rings (SSSR count). The number of benzene rings is 1. The fourth-order valence-electron chi connectivity index (χ4n) is 3.50.